The van der Waals surface area contributed by atoms with E-state index in [4.69, 9.17) is 27.9 Å². The highest BCUT2D eigenvalue weighted by atomic mass is 35.5. The highest BCUT2D eigenvalue weighted by molar-refractivity contribution is 7.99. The van der Waals surface area contributed by atoms with Crippen LogP contribution in [0.2, 0.25) is 10.0 Å². The predicted octanol–water partition coefficient (Wildman–Crippen LogP) is 7.81. The zero-order valence-electron chi connectivity index (χ0n) is 19.5. The van der Waals surface area contributed by atoms with Gasteiger partial charge in [-0.3, -0.25) is 0 Å². The standard InChI is InChI=1S/C29H22Cl2FNO3S/c30-19-11-17(28(26(31)13-19)37-27-10-9-20(32)12-18(27)15-34)14-33-29(35)36-16-25-23-7-3-1-5-21(23)22-6-2-4-8-24(22)25/h1-13,25,34H,14-16H2,(H,33,35). The molecule has 4 aromatic rings. The quantitative estimate of drug-likeness (QED) is 0.245. The van der Waals surface area contributed by atoms with Gasteiger partial charge in [0.25, 0.3) is 0 Å². The third-order valence-corrected chi connectivity index (χ3v) is 8.19. The van der Waals surface area contributed by atoms with Crippen molar-refractivity contribution in [3.8, 4) is 11.1 Å². The van der Waals surface area contributed by atoms with E-state index in [2.05, 4.69) is 29.6 Å². The molecule has 0 radical (unpaired) electrons. The lowest BCUT2D eigenvalue weighted by atomic mass is 9.98. The number of nitrogens with one attached hydrogen (secondary N) is 1. The summed E-state index contributed by atoms with van der Waals surface area (Å²) in [4.78, 5) is 14.0. The minimum atomic E-state index is -0.563. The van der Waals surface area contributed by atoms with Crippen LogP contribution in [0.4, 0.5) is 9.18 Å². The second kappa shape index (κ2) is 11.2. The van der Waals surface area contributed by atoms with E-state index < -0.39 is 11.9 Å². The van der Waals surface area contributed by atoms with Gasteiger partial charge in [0, 0.05) is 27.3 Å². The Morgan fingerprint density at radius 1 is 0.946 bits per heavy atom. The van der Waals surface area contributed by atoms with Crippen LogP contribution in [0.1, 0.15) is 28.2 Å². The van der Waals surface area contributed by atoms with E-state index in [9.17, 15) is 14.3 Å². The average Bonchev–Trinajstić information content (AvgIpc) is 3.22. The van der Waals surface area contributed by atoms with Crippen LogP contribution in [-0.2, 0) is 17.9 Å². The highest BCUT2D eigenvalue weighted by Gasteiger charge is 2.29. The Morgan fingerprint density at radius 2 is 1.62 bits per heavy atom. The number of carbonyl (C=O) groups excluding carboxylic acids is 1. The van der Waals surface area contributed by atoms with Crippen molar-refractivity contribution in [2.24, 2.45) is 0 Å². The maximum absolute atomic E-state index is 13.6. The van der Waals surface area contributed by atoms with Gasteiger partial charge < -0.3 is 15.2 Å². The number of alkyl carbamates (subject to hydrolysis) is 1. The lowest BCUT2D eigenvalue weighted by Crippen LogP contribution is -2.26. The van der Waals surface area contributed by atoms with Gasteiger partial charge in [0.15, 0.2) is 0 Å². The Balaban J connectivity index is 1.29. The Morgan fingerprint density at radius 3 is 2.30 bits per heavy atom. The molecule has 8 heteroatoms. The fourth-order valence-corrected chi connectivity index (χ4v) is 6.24. The van der Waals surface area contributed by atoms with Crippen LogP contribution in [0.3, 0.4) is 0 Å². The molecule has 0 saturated carbocycles. The number of benzene rings is 4. The minimum absolute atomic E-state index is 0.0414. The van der Waals surface area contributed by atoms with Crippen molar-refractivity contribution in [2.45, 2.75) is 28.9 Å². The summed E-state index contributed by atoms with van der Waals surface area (Å²) in [6, 6.07) is 23.8. The molecule has 2 N–H and O–H groups in total. The molecule has 0 atom stereocenters. The molecule has 0 bridgehead atoms. The van der Waals surface area contributed by atoms with E-state index in [-0.39, 0.29) is 25.7 Å². The van der Waals surface area contributed by atoms with E-state index in [0.29, 0.717) is 31.0 Å². The first-order valence-electron chi connectivity index (χ1n) is 11.6. The fourth-order valence-electron chi connectivity index (χ4n) is 4.56. The third kappa shape index (κ3) is 5.48. The van der Waals surface area contributed by atoms with Gasteiger partial charge in [-0.2, -0.15) is 0 Å². The maximum atomic E-state index is 13.6. The van der Waals surface area contributed by atoms with Crippen molar-refractivity contribution in [1.82, 2.24) is 5.32 Å². The number of fused-ring (bicyclic) bond motifs is 3. The van der Waals surface area contributed by atoms with E-state index in [1.54, 1.807) is 18.2 Å². The monoisotopic (exact) mass is 553 g/mol. The average molecular weight is 554 g/mol. The molecule has 0 unspecified atom stereocenters. The Hall–Kier alpha value is -3.03. The second-order valence-electron chi connectivity index (χ2n) is 8.57. The topological polar surface area (TPSA) is 58.6 Å². The number of aliphatic hydroxyl groups is 1. The molecule has 0 saturated heterocycles. The van der Waals surface area contributed by atoms with Crippen LogP contribution in [0.5, 0.6) is 0 Å². The molecule has 1 amide bonds. The largest absolute Gasteiger partial charge is 0.449 e. The van der Waals surface area contributed by atoms with Gasteiger partial charge in [-0.1, -0.05) is 83.5 Å². The predicted molar refractivity (Wildman–Crippen MR) is 145 cm³/mol. The van der Waals surface area contributed by atoms with Crippen LogP contribution < -0.4 is 5.32 Å². The van der Waals surface area contributed by atoms with Gasteiger partial charge in [-0.05, 0) is 63.7 Å². The first-order valence-corrected chi connectivity index (χ1v) is 13.2. The normalized spacial score (nSPS) is 12.2. The first kappa shape index (κ1) is 25.6. The lowest BCUT2D eigenvalue weighted by Gasteiger charge is -2.16. The number of hydrogen-bond acceptors (Lipinski definition) is 4. The first-order chi connectivity index (χ1) is 17.9. The molecule has 0 spiro atoms. The van der Waals surface area contributed by atoms with Crippen molar-refractivity contribution >= 4 is 41.1 Å². The molecule has 5 rings (SSSR count). The van der Waals surface area contributed by atoms with E-state index >= 15 is 0 Å². The molecule has 0 aromatic heterocycles. The molecule has 4 aromatic carbocycles. The van der Waals surface area contributed by atoms with E-state index in [0.717, 1.165) is 22.3 Å². The number of carbonyl (C=O) groups is 1. The minimum Gasteiger partial charge on any atom is -0.449 e. The highest BCUT2D eigenvalue weighted by Crippen LogP contribution is 2.44. The summed E-state index contributed by atoms with van der Waals surface area (Å²) in [7, 11) is 0. The summed E-state index contributed by atoms with van der Waals surface area (Å²) in [5.41, 5.74) is 5.69. The van der Waals surface area contributed by atoms with Crippen LogP contribution in [0.25, 0.3) is 11.1 Å². The van der Waals surface area contributed by atoms with Crippen molar-refractivity contribution in [3.63, 3.8) is 0 Å². The summed E-state index contributed by atoms with van der Waals surface area (Å²) in [5.74, 6) is -0.479. The van der Waals surface area contributed by atoms with E-state index in [1.165, 1.54) is 23.9 Å². The molecule has 0 aliphatic heterocycles. The second-order valence-corrected chi connectivity index (χ2v) is 10.5. The Labute approximate surface area is 228 Å². The third-order valence-electron chi connectivity index (χ3n) is 6.26. The van der Waals surface area contributed by atoms with Crippen LogP contribution in [0, 0.1) is 5.82 Å². The molecule has 4 nitrogen and oxygen atoms in total. The molecule has 1 aliphatic carbocycles. The smallest absolute Gasteiger partial charge is 0.407 e. The fraction of sp³-hybridized carbons (Fsp3) is 0.138. The molecule has 1 aliphatic rings. The Bertz CT molecular complexity index is 1430. The molecule has 0 fully saturated rings. The number of hydrogen-bond donors (Lipinski definition) is 2. The SMILES string of the molecule is O=C(NCc1cc(Cl)cc(Cl)c1Sc1ccc(F)cc1CO)OCC1c2ccccc2-c2ccccc21. The summed E-state index contributed by atoms with van der Waals surface area (Å²) in [5, 5.41) is 13.2. The maximum Gasteiger partial charge on any atom is 0.407 e. The molecule has 188 valence electrons. The van der Waals surface area contributed by atoms with Gasteiger partial charge >= 0.3 is 6.09 Å². The van der Waals surface area contributed by atoms with Gasteiger partial charge in [0.1, 0.15) is 12.4 Å². The molecule has 37 heavy (non-hydrogen) atoms. The number of rotatable bonds is 7. The number of aliphatic hydroxyl groups excluding tert-OH is 1. The van der Waals surface area contributed by atoms with Crippen molar-refractivity contribution < 1.29 is 19.0 Å². The van der Waals surface area contributed by atoms with Crippen molar-refractivity contribution in [3.05, 3.63) is 117 Å². The molecule has 0 heterocycles. The van der Waals surface area contributed by atoms with Crippen LogP contribution in [0.15, 0.2) is 88.7 Å². The van der Waals surface area contributed by atoms with Gasteiger partial charge in [0.05, 0.1) is 11.6 Å². The zero-order chi connectivity index (χ0) is 25.9. The summed E-state index contributed by atoms with van der Waals surface area (Å²) < 4.78 is 19.2. The zero-order valence-corrected chi connectivity index (χ0v) is 21.8. The summed E-state index contributed by atoms with van der Waals surface area (Å²) in [6.45, 7) is 0.000778. The molecular weight excluding hydrogens is 532 g/mol. The van der Waals surface area contributed by atoms with Gasteiger partial charge in [-0.25, -0.2) is 9.18 Å². The van der Waals surface area contributed by atoms with Crippen molar-refractivity contribution in [2.75, 3.05) is 6.61 Å². The number of ether oxygens (including phenoxy) is 1. The summed E-state index contributed by atoms with van der Waals surface area (Å²) >= 11 is 14.0. The van der Waals surface area contributed by atoms with Gasteiger partial charge in [-0.15, -0.1) is 0 Å². The van der Waals surface area contributed by atoms with E-state index in [1.807, 2.05) is 24.3 Å². The van der Waals surface area contributed by atoms with Crippen molar-refractivity contribution in [1.29, 1.82) is 0 Å². The Kier molecular flexibility index (Phi) is 7.72. The summed E-state index contributed by atoms with van der Waals surface area (Å²) in [6.07, 6.45) is -0.563. The van der Waals surface area contributed by atoms with Gasteiger partial charge in [0.2, 0.25) is 0 Å². The molecular formula is C29H22Cl2FNO3S. The number of halogens is 3. The number of amides is 1. The van der Waals surface area contributed by atoms with Crippen LogP contribution >= 0.6 is 35.0 Å². The lowest BCUT2D eigenvalue weighted by molar-refractivity contribution is 0.142. The van der Waals surface area contributed by atoms with Crippen LogP contribution in [-0.4, -0.2) is 17.8 Å².